The third kappa shape index (κ3) is 4.57. The fourth-order valence-electron chi connectivity index (χ4n) is 1.56. The summed E-state index contributed by atoms with van der Waals surface area (Å²) in [5.74, 6) is 0.757. The van der Waals surface area contributed by atoms with Crippen molar-refractivity contribution in [3.05, 3.63) is 29.8 Å². The fourth-order valence-corrected chi connectivity index (χ4v) is 1.56. The summed E-state index contributed by atoms with van der Waals surface area (Å²) in [4.78, 5) is 12.0. The SMILES string of the molecule is COc1ccccc1C(=O)CCNC(C)(C)C. The van der Waals surface area contributed by atoms with Gasteiger partial charge in [0.15, 0.2) is 5.78 Å². The quantitative estimate of drug-likeness (QED) is 0.797. The van der Waals surface area contributed by atoms with Crippen molar-refractivity contribution < 1.29 is 9.53 Å². The zero-order valence-electron chi connectivity index (χ0n) is 11.0. The maximum Gasteiger partial charge on any atom is 0.167 e. The van der Waals surface area contributed by atoms with Crippen LogP contribution in [0.15, 0.2) is 24.3 Å². The van der Waals surface area contributed by atoms with E-state index in [-0.39, 0.29) is 11.3 Å². The Bertz CT molecular complexity index is 380. The number of para-hydroxylation sites is 1. The lowest BCUT2D eigenvalue weighted by atomic mass is 10.1. The number of rotatable bonds is 5. The van der Waals surface area contributed by atoms with Crippen molar-refractivity contribution in [2.75, 3.05) is 13.7 Å². The van der Waals surface area contributed by atoms with Crippen LogP contribution < -0.4 is 10.1 Å². The van der Waals surface area contributed by atoms with Crippen molar-refractivity contribution in [1.82, 2.24) is 5.32 Å². The Kier molecular flexibility index (Phi) is 4.70. The van der Waals surface area contributed by atoms with Gasteiger partial charge in [-0.1, -0.05) is 12.1 Å². The molecule has 0 saturated carbocycles. The van der Waals surface area contributed by atoms with Gasteiger partial charge >= 0.3 is 0 Å². The Morgan fingerprint density at radius 1 is 1.29 bits per heavy atom. The number of ketones is 1. The Balaban J connectivity index is 2.58. The van der Waals surface area contributed by atoms with Gasteiger partial charge in [0.2, 0.25) is 0 Å². The molecule has 0 heterocycles. The van der Waals surface area contributed by atoms with E-state index in [4.69, 9.17) is 4.74 Å². The molecule has 17 heavy (non-hydrogen) atoms. The highest BCUT2D eigenvalue weighted by molar-refractivity contribution is 5.98. The van der Waals surface area contributed by atoms with Gasteiger partial charge in [-0.3, -0.25) is 4.79 Å². The van der Waals surface area contributed by atoms with Crippen LogP contribution in [0, 0.1) is 0 Å². The number of Topliss-reactive ketones (excluding diaryl/α,β-unsaturated/α-hetero) is 1. The van der Waals surface area contributed by atoms with Gasteiger partial charge in [-0.25, -0.2) is 0 Å². The van der Waals surface area contributed by atoms with Crippen LogP contribution >= 0.6 is 0 Å². The van der Waals surface area contributed by atoms with E-state index in [1.54, 1.807) is 13.2 Å². The molecule has 1 aromatic carbocycles. The molecule has 0 spiro atoms. The highest BCUT2D eigenvalue weighted by Gasteiger charge is 2.13. The lowest BCUT2D eigenvalue weighted by Gasteiger charge is -2.20. The molecule has 1 rings (SSSR count). The van der Waals surface area contributed by atoms with Gasteiger partial charge in [0.05, 0.1) is 12.7 Å². The van der Waals surface area contributed by atoms with Crippen LogP contribution in [0.4, 0.5) is 0 Å². The third-order valence-electron chi connectivity index (χ3n) is 2.41. The van der Waals surface area contributed by atoms with E-state index in [2.05, 4.69) is 26.1 Å². The van der Waals surface area contributed by atoms with Gasteiger partial charge < -0.3 is 10.1 Å². The second kappa shape index (κ2) is 5.82. The van der Waals surface area contributed by atoms with Crippen LogP contribution in [0.3, 0.4) is 0 Å². The predicted octanol–water partition coefficient (Wildman–Crippen LogP) is 2.66. The summed E-state index contributed by atoms with van der Waals surface area (Å²) in [7, 11) is 1.58. The summed E-state index contributed by atoms with van der Waals surface area (Å²) >= 11 is 0. The summed E-state index contributed by atoms with van der Waals surface area (Å²) in [5, 5.41) is 3.30. The molecule has 0 aliphatic rings. The zero-order valence-corrected chi connectivity index (χ0v) is 11.0. The first kappa shape index (κ1) is 13.7. The Morgan fingerprint density at radius 3 is 2.53 bits per heavy atom. The lowest BCUT2D eigenvalue weighted by molar-refractivity contribution is 0.0977. The Morgan fingerprint density at radius 2 is 1.94 bits per heavy atom. The summed E-state index contributed by atoms with van der Waals surface area (Å²) < 4.78 is 5.17. The molecule has 3 nitrogen and oxygen atoms in total. The predicted molar refractivity (Wildman–Crippen MR) is 69.7 cm³/mol. The third-order valence-corrected chi connectivity index (χ3v) is 2.41. The van der Waals surface area contributed by atoms with Gasteiger partial charge in [0.1, 0.15) is 5.75 Å². The molecular weight excluding hydrogens is 214 g/mol. The lowest BCUT2D eigenvalue weighted by Crippen LogP contribution is -2.37. The smallest absolute Gasteiger partial charge is 0.167 e. The van der Waals surface area contributed by atoms with Gasteiger partial charge in [-0.05, 0) is 32.9 Å². The molecule has 0 aliphatic carbocycles. The molecule has 3 heteroatoms. The highest BCUT2D eigenvalue weighted by atomic mass is 16.5. The van der Waals surface area contributed by atoms with E-state index >= 15 is 0 Å². The van der Waals surface area contributed by atoms with E-state index in [0.29, 0.717) is 24.3 Å². The molecule has 0 atom stereocenters. The van der Waals surface area contributed by atoms with Crippen LogP contribution in [0.25, 0.3) is 0 Å². The molecule has 0 unspecified atom stereocenters. The van der Waals surface area contributed by atoms with Crippen LogP contribution in [-0.2, 0) is 0 Å². The second-order valence-corrected chi connectivity index (χ2v) is 5.05. The van der Waals surface area contributed by atoms with Crippen LogP contribution in [0.1, 0.15) is 37.6 Å². The molecule has 0 amide bonds. The van der Waals surface area contributed by atoms with E-state index < -0.39 is 0 Å². The zero-order chi connectivity index (χ0) is 12.9. The van der Waals surface area contributed by atoms with E-state index in [9.17, 15) is 4.79 Å². The van der Waals surface area contributed by atoms with Crippen LogP contribution in [0.2, 0.25) is 0 Å². The molecule has 0 aromatic heterocycles. The second-order valence-electron chi connectivity index (χ2n) is 5.05. The minimum Gasteiger partial charge on any atom is -0.496 e. The number of carbonyl (C=O) groups is 1. The number of carbonyl (C=O) groups excluding carboxylic acids is 1. The summed E-state index contributed by atoms with van der Waals surface area (Å²) in [6.07, 6.45) is 0.484. The average molecular weight is 235 g/mol. The van der Waals surface area contributed by atoms with Gasteiger partial charge in [0, 0.05) is 18.5 Å². The van der Waals surface area contributed by atoms with Crippen molar-refractivity contribution in [1.29, 1.82) is 0 Å². The number of ether oxygens (including phenoxy) is 1. The number of benzene rings is 1. The highest BCUT2D eigenvalue weighted by Crippen LogP contribution is 2.18. The first-order valence-corrected chi connectivity index (χ1v) is 5.85. The van der Waals surface area contributed by atoms with Crippen molar-refractivity contribution in [2.45, 2.75) is 32.7 Å². The maximum atomic E-state index is 12.0. The van der Waals surface area contributed by atoms with Gasteiger partial charge in [-0.15, -0.1) is 0 Å². The summed E-state index contributed by atoms with van der Waals surface area (Å²) in [5.41, 5.74) is 0.701. The van der Waals surface area contributed by atoms with E-state index in [1.807, 2.05) is 18.2 Å². The first-order valence-electron chi connectivity index (χ1n) is 5.85. The average Bonchev–Trinajstić information content (AvgIpc) is 2.27. The fraction of sp³-hybridized carbons (Fsp3) is 0.500. The van der Waals surface area contributed by atoms with Crippen molar-refractivity contribution in [3.63, 3.8) is 0 Å². The Hall–Kier alpha value is -1.35. The van der Waals surface area contributed by atoms with Crippen LogP contribution in [-0.4, -0.2) is 25.0 Å². The largest absolute Gasteiger partial charge is 0.496 e. The molecule has 1 aromatic rings. The molecular formula is C14H21NO2. The molecule has 0 aliphatic heterocycles. The number of nitrogens with one attached hydrogen (secondary N) is 1. The normalized spacial score (nSPS) is 11.3. The van der Waals surface area contributed by atoms with Gasteiger partial charge in [-0.2, -0.15) is 0 Å². The number of hydrogen-bond donors (Lipinski definition) is 1. The maximum absolute atomic E-state index is 12.0. The summed E-state index contributed by atoms with van der Waals surface area (Å²) in [6.45, 7) is 6.93. The standard InChI is InChI=1S/C14H21NO2/c1-14(2,3)15-10-9-12(16)11-7-5-6-8-13(11)17-4/h5-8,15H,9-10H2,1-4H3. The number of methoxy groups -OCH3 is 1. The van der Waals surface area contributed by atoms with Gasteiger partial charge in [0.25, 0.3) is 0 Å². The molecule has 0 bridgehead atoms. The molecule has 0 fully saturated rings. The van der Waals surface area contributed by atoms with Crippen molar-refractivity contribution in [3.8, 4) is 5.75 Å². The first-order chi connectivity index (χ1) is 7.94. The molecule has 0 radical (unpaired) electrons. The van der Waals surface area contributed by atoms with E-state index in [1.165, 1.54) is 0 Å². The minimum atomic E-state index is 0.0427. The number of hydrogen-bond acceptors (Lipinski definition) is 3. The molecule has 94 valence electrons. The van der Waals surface area contributed by atoms with Crippen LogP contribution in [0.5, 0.6) is 5.75 Å². The summed E-state index contributed by atoms with van der Waals surface area (Å²) in [6, 6.07) is 7.33. The monoisotopic (exact) mass is 235 g/mol. The topological polar surface area (TPSA) is 38.3 Å². The van der Waals surface area contributed by atoms with Crippen molar-refractivity contribution >= 4 is 5.78 Å². The van der Waals surface area contributed by atoms with E-state index in [0.717, 1.165) is 0 Å². The minimum absolute atomic E-state index is 0.0427. The Labute approximate surface area is 103 Å². The van der Waals surface area contributed by atoms with Crippen molar-refractivity contribution in [2.24, 2.45) is 0 Å². The molecule has 1 N–H and O–H groups in total. The molecule has 0 saturated heterocycles.